The van der Waals surface area contributed by atoms with Gasteiger partial charge in [-0.2, -0.15) is 0 Å². The number of nitrogens with one attached hydrogen (secondary N) is 2. The molecule has 0 aromatic heterocycles. The maximum atomic E-state index is 12.1. The van der Waals surface area contributed by atoms with Gasteiger partial charge in [-0.15, -0.1) is 0 Å². The quantitative estimate of drug-likeness (QED) is 0.870. The highest BCUT2D eigenvalue weighted by molar-refractivity contribution is 6.30. The fourth-order valence-electron chi connectivity index (χ4n) is 2.45. The van der Waals surface area contributed by atoms with Gasteiger partial charge in [0.2, 0.25) is 5.91 Å². The largest absolute Gasteiger partial charge is 0.380 e. The molecule has 1 heterocycles. The van der Waals surface area contributed by atoms with Crippen molar-refractivity contribution in [3.8, 4) is 0 Å². The second-order valence-electron chi connectivity index (χ2n) is 5.29. The molecular weight excluding hydrogens is 276 g/mol. The van der Waals surface area contributed by atoms with Crippen molar-refractivity contribution in [2.45, 2.75) is 38.0 Å². The third-order valence-corrected chi connectivity index (χ3v) is 3.84. The average molecular weight is 297 g/mol. The molecule has 1 amide bonds. The molecule has 0 saturated carbocycles. The second-order valence-corrected chi connectivity index (χ2v) is 5.73. The maximum Gasteiger partial charge on any atom is 0.237 e. The van der Waals surface area contributed by atoms with E-state index in [1.807, 2.05) is 31.2 Å². The SMILES string of the molecule is COC1CNC(C(=O)NC(C)Cc2ccc(Cl)cc2)C1. The molecule has 1 aromatic carbocycles. The Labute approximate surface area is 124 Å². The van der Waals surface area contributed by atoms with E-state index in [1.54, 1.807) is 7.11 Å². The van der Waals surface area contributed by atoms with E-state index < -0.39 is 0 Å². The van der Waals surface area contributed by atoms with E-state index >= 15 is 0 Å². The Balaban J connectivity index is 1.80. The topological polar surface area (TPSA) is 50.4 Å². The summed E-state index contributed by atoms with van der Waals surface area (Å²) in [6.45, 7) is 2.75. The van der Waals surface area contributed by atoms with Gasteiger partial charge in [0.05, 0.1) is 12.1 Å². The number of carbonyl (C=O) groups excluding carboxylic acids is 1. The molecule has 4 nitrogen and oxygen atoms in total. The monoisotopic (exact) mass is 296 g/mol. The Hall–Kier alpha value is -1.10. The van der Waals surface area contributed by atoms with Gasteiger partial charge in [0, 0.05) is 24.7 Å². The van der Waals surface area contributed by atoms with Crippen LogP contribution in [0.4, 0.5) is 0 Å². The summed E-state index contributed by atoms with van der Waals surface area (Å²) in [4.78, 5) is 12.1. The molecule has 2 rings (SSSR count). The van der Waals surface area contributed by atoms with Gasteiger partial charge in [0.25, 0.3) is 0 Å². The molecule has 0 spiro atoms. The highest BCUT2D eigenvalue weighted by Gasteiger charge is 2.29. The standard InChI is InChI=1S/C15H21ClN2O2/c1-10(7-11-3-5-12(16)6-4-11)18-15(19)14-8-13(20-2)9-17-14/h3-6,10,13-14,17H,7-9H2,1-2H3,(H,18,19). The second kappa shape index (κ2) is 7.07. The number of hydrogen-bond donors (Lipinski definition) is 2. The van der Waals surface area contributed by atoms with E-state index in [4.69, 9.17) is 16.3 Å². The van der Waals surface area contributed by atoms with Crippen LogP contribution in [0, 0.1) is 0 Å². The summed E-state index contributed by atoms with van der Waals surface area (Å²) in [6, 6.07) is 7.65. The van der Waals surface area contributed by atoms with Gasteiger partial charge in [-0.25, -0.2) is 0 Å². The van der Waals surface area contributed by atoms with E-state index in [9.17, 15) is 4.79 Å². The van der Waals surface area contributed by atoms with Crippen LogP contribution in [-0.4, -0.2) is 37.7 Å². The molecule has 5 heteroatoms. The highest BCUT2D eigenvalue weighted by Crippen LogP contribution is 2.12. The van der Waals surface area contributed by atoms with Crippen molar-refractivity contribution in [1.29, 1.82) is 0 Å². The molecule has 2 N–H and O–H groups in total. The maximum absolute atomic E-state index is 12.1. The third-order valence-electron chi connectivity index (χ3n) is 3.58. The van der Waals surface area contributed by atoms with Crippen LogP contribution in [0.15, 0.2) is 24.3 Å². The molecule has 1 aliphatic rings. The summed E-state index contributed by atoms with van der Waals surface area (Å²) in [5.41, 5.74) is 1.16. The Kier molecular flexibility index (Phi) is 5.40. The zero-order valence-corrected chi connectivity index (χ0v) is 12.6. The van der Waals surface area contributed by atoms with Crippen LogP contribution in [0.1, 0.15) is 18.9 Å². The Morgan fingerprint density at radius 3 is 2.80 bits per heavy atom. The molecule has 110 valence electrons. The van der Waals surface area contributed by atoms with Crippen LogP contribution in [0.2, 0.25) is 5.02 Å². The van der Waals surface area contributed by atoms with Gasteiger partial charge >= 0.3 is 0 Å². The van der Waals surface area contributed by atoms with Gasteiger partial charge in [-0.1, -0.05) is 23.7 Å². The Bertz CT molecular complexity index is 450. The van der Waals surface area contributed by atoms with Crippen molar-refractivity contribution in [2.24, 2.45) is 0 Å². The summed E-state index contributed by atoms with van der Waals surface area (Å²) in [5.74, 6) is 0.0472. The van der Waals surface area contributed by atoms with E-state index in [2.05, 4.69) is 10.6 Å². The lowest BCUT2D eigenvalue weighted by molar-refractivity contribution is -0.123. The number of amides is 1. The minimum absolute atomic E-state index is 0.0472. The van der Waals surface area contributed by atoms with Crippen molar-refractivity contribution in [3.63, 3.8) is 0 Å². The van der Waals surface area contributed by atoms with Crippen molar-refractivity contribution in [3.05, 3.63) is 34.9 Å². The fourth-order valence-corrected chi connectivity index (χ4v) is 2.58. The molecule has 3 atom stereocenters. The predicted octanol–water partition coefficient (Wildman–Crippen LogP) is 1.76. The first-order chi connectivity index (χ1) is 9.58. The van der Waals surface area contributed by atoms with Gasteiger partial charge in [0.15, 0.2) is 0 Å². The number of hydrogen-bond acceptors (Lipinski definition) is 3. The van der Waals surface area contributed by atoms with Gasteiger partial charge in [0.1, 0.15) is 0 Å². The predicted molar refractivity (Wildman–Crippen MR) is 80.0 cm³/mol. The summed E-state index contributed by atoms with van der Waals surface area (Å²) < 4.78 is 5.25. The highest BCUT2D eigenvalue weighted by atomic mass is 35.5. The average Bonchev–Trinajstić information content (AvgIpc) is 2.90. The molecule has 0 radical (unpaired) electrons. The normalized spacial score (nSPS) is 23.6. The first kappa shape index (κ1) is 15.3. The number of halogens is 1. The lowest BCUT2D eigenvalue weighted by Gasteiger charge is -2.17. The molecule has 0 bridgehead atoms. The van der Waals surface area contributed by atoms with E-state index in [0.717, 1.165) is 30.0 Å². The molecule has 1 saturated heterocycles. The minimum Gasteiger partial charge on any atom is -0.380 e. The van der Waals surface area contributed by atoms with Crippen LogP contribution >= 0.6 is 11.6 Å². The van der Waals surface area contributed by atoms with Gasteiger partial charge in [-0.05, 0) is 37.5 Å². The van der Waals surface area contributed by atoms with Gasteiger partial charge in [-0.3, -0.25) is 4.79 Å². The number of carbonyl (C=O) groups is 1. The minimum atomic E-state index is -0.146. The molecule has 1 aromatic rings. The zero-order valence-electron chi connectivity index (χ0n) is 11.9. The van der Waals surface area contributed by atoms with Crippen LogP contribution in [0.5, 0.6) is 0 Å². The smallest absolute Gasteiger partial charge is 0.237 e. The molecular formula is C15H21ClN2O2. The number of benzene rings is 1. The van der Waals surface area contributed by atoms with Crippen LogP contribution < -0.4 is 10.6 Å². The van der Waals surface area contributed by atoms with E-state index in [-0.39, 0.29) is 24.1 Å². The fraction of sp³-hybridized carbons (Fsp3) is 0.533. The van der Waals surface area contributed by atoms with E-state index in [1.165, 1.54) is 0 Å². The summed E-state index contributed by atoms with van der Waals surface area (Å²) in [6.07, 6.45) is 1.66. The summed E-state index contributed by atoms with van der Waals surface area (Å²) in [5, 5.41) is 6.95. The molecule has 1 fully saturated rings. The van der Waals surface area contributed by atoms with Crippen molar-refractivity contribution >= 4 is 17.5 Å². The Morgan fingerprint density at radius 1 is 1.50 bits per heavy atom. The number of methoxy groups -OCH3 is 1. The number of rotatable bonds is 5. The number of ether oxygens (including phenoxy) is 1. The van der Waals surface area contributed by atoms with Crippen molar-refractivity contribution in [1.82, 2.24) is 10.6 Å². The van der Waals surface area contributed by atoms with Crippen molar-refractivity contribution in [2.75, 3.05) is 13.7 Å². The summed E-state index contributed by atoms with van der Waals surface area (Å²) in [7, 11) is 1.68. The molecule has 3 unspecified atom stereocenters. The van der Waals surface area contributed by atoms with Crippen molar-refractivity contribution < 1.29 is 9.53 Å². The van der Waals surface area contributed by atoms with Crippen LogP contribution in [0.3, 0.4) is 0 Å². The Morgan fingerprint density at radius 2 is 2.20 bits per heavy atom. The first-order valence-corrected chi connectivity index (χ1v) is 7.27. The molecule has 0 aliphatic carbocycles. The van der Waals surface area contributed by atoms with Crippen LogP contribution in [0.25, 0.3) is 0 Å². The lowest BCUT2D eigenvalue weighted by atomic mass is 10.1. The van der Waals surface area contributed by atoms with E-state index in [0.29, 0.717) is 0 Å². The first-order valence-electron chi connectivity index (χ1n) is 6.89. The van der Waals surface area contributed by atoms with Crippen LogP contribution in [-0.2, 0) is 16.0 Å². The lowest BCUT2D eigenvalue weighted by Crippen LogP contribution is -2.44. The summed E-state index contributed by atoms with van der Waals surface area (Å²) >= 11 is 5.86. The van der Waals surface area contributed by atoms with Gasteiger partial charge < -0.3 is 15.4 Å². The molecule has 1 aliphatic heterocycles. The third kappa shape index (κ3) is 4.20. The molecule has 20 heavy (non-hydrogen) atoms. The zero-order chi connectivity index (χ0) is 14.5.